The summed E-state index contributed by atoms with van der Waals surface area (Å²) in [6.07, 6.45) is 4.30. The van der Waals surface area contributed by atoms with Crippen molar-refractivity contribution >= 4 is 17.6 Å². The summed E-state index contributed by atoms with van der Waals surface area (Å²) >= 11 is 0. The molecule has 3 fully saturated rings. The Kier molecular flexibility index (Phi) is 7.52. The van der Waals surface area contributed by atoms with Crippen molar-refractivity contribution in [3.05, 3.63) is 42.4 Å². The minimum Gasteiger partial charge on any atom is -0.451 e. The minimum absolute atomic E-state index is 0.0231. The number of carbonyl (C=O) groups is 2. The summed E-state index contributed by atoms with van der Waals surface area (Å²) in [6, 6.07) is 6.96. The molecule has 204 valence electrons. The molecule has 9 nitrogen and oxygen atoms in total. The average molecular weight is 525 g/mol. The van der Waals surface area contributed by atoms with Crippen LogP contribution in [0.5, 0.6) is 11.5 Å². The number of hydrogen-bond acceptors (Lipinski definition) is 7. The molecule has 2 atom stereocenters. The van der Waals surface area contributed by atoms with Gasteiger partial charge in [0.25, 0.3) is 5.91 Å². The van der Waals surface area contributed by atoms with Crippen LogP contribution in [0.3, 0.4) is 0 Å². The molecule has 2 aromatic rings. The predicted octanol–water partition coefficient (Wildman–Crippen LogP) is 3.27. The number of nitrogens with one attached hydrogen (secondary N) is 1. The monoisotopic (exact) mass is 524 g/mol. The van der Waals surface area contributed by atoms with Crippen molar-refractivity contribution in [3.63, 3.8) is 0 Å². The molecule has 1 N–H and O–H groups in total. The van der Waals surface area contributed by atoms with Gasteiger partial charge in [-0.15, -0.1) is 0 Å². The van der Waals surface area contributed by atoms with Gasteiger partial charge in [0.15, 0.2) is 11.6 Å². The highest BCUT2D eigenvalue weighted by Crippen LogP contribution is 2.45. The Morgan fingerprint density at radius 3 is 2.61 bits per heavy atom. The molecular formula is C28H37FN6O3. The number of halogens is 1. The highest BCUT2D eigenvalue weighted by Gasteiger charge is 2.47. The molecule has 4 heterocycles. The molecule has 2 amide bonds. The Labute approximate surface area is 223 Å². The fourth-order valence-electron chi connectivity index (χ4n) is 5.90. The van der Waals surface area contributed by atoms with Crippen molar-refractivity contribution < 1.29 is 18.7 Å². The minimum atomic E-state index is -0.935. The van der Waals surface area contributed by atoms with Gasteiger partial charge in [-0.1, -0.05) is 12.1 Å². The van der Waals surface area contributed by atoms with Gasteiger partial charge >= 0.3 is 0 Å². The number of nitrogens with zero attached hydrogens (tertiary/aromatic N) is 5. The van der Waals surface area contributed by atoms with Crippen molar-refractivity contribution in [2.24, 2.45) is 5.41 Å². The highest BCUT2D eigenvalue weighted by molar-refractivity contribution is 5.97. The Bertz CT molecular complexity index is 1160. The fraction of sp³-hybridized carbons (Fsp3) is 0.571. The van der Waals surface area contributed by atoms with E-state index in [0.29, 0.717) is 42.5 Å². The van der Waals surface area contributed by atoms with Gasteiger partial charge in [-0.25, -0.2) is 14.4 Å². The second-order valence-corrected chi connectivity index (χ2v) is 11.0. The van der Waals surface area contributed by atoms with Crippen LogP contribution in [0.25, 0.3) is 0 Å². The van der Waals surface area contributed by atoms with Crippen LogP contribution in [-0.4, -0.2) is 89.1 Å². The molecule has 5 rings (SSSR count). The third-order valence-corrected chi connectivity index (χ3v) is 8.08. The zero-order chi connectivity index (χ0) is 26.9. The molecule has 10 heteroatoms. The molecular weight excluding hydrogens is 487 g/mol. The number of amides is 2. The SMILES string of the molecule is CCN(C(=O)c1ccccc1Oc1cncnc1N1CC2(CCN(C(=O)[C@@H]3C[C@@H](F)CN3)CC2)C1)C(C)C. The van der Waals surface area contributed by atoms with E-state index in [0.717, 1.165) is 25.9 Å². The van der Waals surface area contributed by atoms with E-state index in [1.807, 2.05) is 37.8 Å². The van der Waals surface area contributed by atoms with E-state index in [-0.39, 0.29) is 36.2 Å². The molecule has 0 unspecified atom stereocenters. The van der Waals surface area contributed by atoms with Crippen LogP contribution >= 0.6 is 0 Å². The van der Waals surface area contributed by atoms with Gasteiger partial charge in [0.1, 0.15) is 18.2 Å². The Balaban J connectivity index is 1.24. The van der Waals surface area contributed by atoms with E-state index in [9.17, 15) is 14.0 Å². The lowest BCUT2D eigenvalue weighted by atomic mass is 9.72. The van der Waals surface area contributed by atoms with Crippen LogP contribution in [0, 0.1) is 5.41 Å². The molecule has 3 aliphatic rings. The van der Waals surface area contributed by atoms with Gasteiger partial charge < -0.3 is 24.8 Å². The van der Waals surface area contributed by atoms with Crippen LogP contribution < -0.4 is 15.0 Å². The van der Waals surface area contributed by atoms with Crippen LogP contribution in [0.2, 0.25) is 0 Å². The van der Waals surface area contributed by atoms with E-state index in [1.165, 1.54) is 6.33 Å². The quantitative estimate of drug-likeness (QED) is 0.595. The molecule has 3 aliphatic heterocycles. The number of hydrogen-bond donors (Lipinski definition) is 1. The lowest BCUT2D eigenvalue weighted by molar-refractivity contribution is -0.135. The Morgan fingerprint density at radius 2 is 1.95 bits per heavy atom. The topological polar surface area (TPSA) is 90.9 Å². The van der Waals surface area contributed by atoms with Gasteiger partial charge in [-0.3, -0.25) is 9.59 Å². The van der Waals surface area contributed by atoms with Crippen LogP contribution in [-0.2, 0) is 4.79 Å². The summed E-state index contributed by atoms with van der Waals surface area (Å²) in [5.74, 6) is 1.64. The van der Waals surface area contributed by atoms with E-state index in [1.54, 1.807) is 23.2 Å². The fourth-order valence-corrected chi connectivity index (χ4v) is 5.90. The lowest BCUT2D eigenvalue weighted by Gasteiger charge is -2.54. The highest BCUT2D eigenvalue weighted by atomic mass is 19.1. The number of carbonyl (C=O) groups excluding carboxylic acids is 2. The normalized spacial score (nSPS) is 22.4. The van der Waals surface area contributed by atoms with Crippen molar-refractivity contribution in [2.45, 2.75) is 58.3 Å². The van der Waals surface area contributed by atoms with Crippen molar-refractivity contribution in [1.29, 1.82) is 0 Å². The molecule has 1 spiro atoms. The number of rotatable bonds is 7. The number of anilines is 1. The lowest BCUT2D eigenvalue weighted by Crippen LogP contribution is -2.62. The average Bonchev–Trinajstić information content (AvgIpc) is 3.34. The third kappa shape index (κ3) is 5.18. The molecule has 0 bridgehead atoms. The smallest absolute Gasteiger partial charge is 0.257 e. The number of aromatic nitrogens is 2. The largest absolute Gasteiger partial charge is 0.451 e. The number of alkyl halides is 1. The van der Waals surface area contributed by atoms with Gasteiger partial charge in [0.2, 0.25) is 5.91 Å². The first-order chi connectivity index (χ1) is 18.3. The summed E-state index contributed by atoms with van der Waals surface area (Å²) in [5.41, 5.74) is 0.628. The van der Waals surface area contributed by atoms with Gasteiger partial charge in [-0.05, 0) is 45.7 Å². The molecule has 3 saturated heterocycles. The predicted molar refractivity (Wildman–Crippen MR) is 142 cm³/mol. The van der Waals surface area contributed by atoms with Crippen LogP contribution in [0.15, 0.2) is 36.8 Å². The maximum atomic E-state index is 13.5. The van der Waals surface area contributed by atoms with Gasteiger partial charge in [0, 0.05) is 57.1 Å². The molecule has 1 aromatic carbocycles. The molecule has 0 radical (unpaired) electrons. The maximum absolute atomic E-state index is 13.5. The summed E-state index contributed by atoms with van der Waals surface area (Å²) < 4.78 is 19.8. The first-order valence-corrected chi connectivity index (χ1v) is 13.6. The molecule has 38 heavy (non-hydrogen) atoms. The third-order valence-electron chi connectivity index (χ3n) is 8.08. The van der Waals surface area contributed by atoms with E-state index < -0.39 is 12.2 Å². The first kappa shape index (κ1) is 26.3. The summed E-state index contributed by atoms with van der Waals surface area (Å²) in [6.45, 7) is 9.84. The van der Waals surface area contributed by atoms with E-state index >= 15 is 0 Å². The van der Waals surface area contributed by atoms with Gasteiger partial charge in [0.05, 0.1) is 17.8 Å². The van der Waals surface area contributed by atoms with Crippen molar-refractivity contribution in [1.82, 2.24) is 25.1 Å². The molecule has 1 aromatic heterocycles. The van der Waals surface area contributed by atoms with E-state index in [4.69, 9.17) is 4.74 Å². The standard InChI is InChI=1S/C28H37FN6O3/c1-4-35(19(2)3)26(36)21-7-5-6-8-23(21)38-24-15-30-18-32-25(24)34-16-28(17-34)9-11-33(12-10-28)27(37)22-13-20(29)14-31-22/h5-8,15,18-20,22,31H,4,9-14,16-17H2,1-3H3/t20-,22+/m1/s1. The van der Waals surface area contributed by atoms with Crippen LogP contribution in [0.1, 0.15) is 50.4 Å². The second-order valence-electron chi connectivity index (χ2n) is 11.0. The maximum Gasteiger partial charge on any atom is 0.257 e. The number of ether oxygens (including phenoxy) is 1. The summed E-state index contributed by atoms with van der Waals surface area (Å²) in [4.78, 5) is 40.6. The first-order valence-electron chi connectivity index (χ1n) is 13.6. The second kappa shape index (κ2) is 10.8. The number of piperidine rings is 1. The number of para-hydroxylation sites is 1. The van der Waals surface area contributed by atoms with Crippen LogP contribution in [0.4, 0.5) is 10.2 Å². The van der Waals surface area contributed by atoms with Crippen molar-refractivity contribution in [2.75, 3.05) is 44.2 Å². The Hall–Kier alpha value is -3.27. The molecule has 0 saturated carbocycles. The number of benzene rings is 1. The summed E-state index contributed by atoms with van der Waals surface area (Å²) in [7, 11) is 0. The summed E-state index contributed by atoms with van der Waals surface area (Å²) in [5, 5.41) is 3.01. The number of likely N-dealkylation sites (tertiary alicyclic amines) is 1. The van der Waals surface area contributed by atoms with Gasteiger partial charge in [-0.2, -0.15) is 0 Å². The van der Waals surface area contributed by atoms with E-state index in [2.05, 4.69) is 20.2 Å². The zero-order valence-corrected chi connectivity index (χ0v) is 22.4. The van der Waals surface area contributed by atoms with Crippen molar-refractivity contribution in [3.8, 4) is 11.5 Å². The molecule has 0 aliphatic carbocycles. The zero-order valence-electron chi connectivity index (χ0n) is 22.4. The Morgan fingerprint density at radius 1 is 1.21 bits per heavy atom.